The Morgan fingerprint density at radius 2 is 1.75 bits per heavy atom. The SMILES string of the molecule is N#CCc1cc(C(F)(F)F)ccc1Sc1ccccc1. The predicted molar refractivity (Wildman–Crippen MR) is 71.3 cm³/mol. The molecule has 1 nitrogen and oxygen atoms in total. The van der Waals surface area contributed by atoms with Gasteiger partial charge in [-0.05, 0) is 35.9 Å². The van der Waals surface area contributed by atoms with Crippen molar-refractivity contribution >= 4 is 11.8 Å². The minimum Gasteiger partial charge on any atom is -0.198 e. The number of hydrogen-bond acceptors (Lipinski definition) is 2. The molecule has 0 aliphatic heterocycles. The van der Waals surface area contributed by atoms with Crippen LogP contribution in [0.25, 0.3) is 0 Å². The van der Waals surface area contributed by atoms with Gasteiger partial charge in [0.15, 0.2) is 0 Å². The highest BCUT2D eigenvalue weighted by Crippen LogP contribution is 2.35. The van der Waals surface area contributed by atoms with E-state index in [4.69, 9.17) is 5.26 Å². The van der Waals surface area contributed by atoms with Gasteiger partial charge in [-0.25, -0.2) is 0 Å². The molecule has 0 unspecified atom stereocenters. The topological polar surface area (TPSA) is 23.8 Å². The fourth-order valence-corrected chi connectivity index (χ4v) is 2.64. The van der Waals surface area contributed by atoms with E-state index in [1.807, 2.05) is 36.4 Å². The summed E-state index contributed by atoms with van der Waals surface area (Å²) in [6.45, 7) is 0. The van der Waals surface area contributed by atoms with Crippen molar-refractivity contribution in [2.45, 2.75) is 22.4 Å². The van der Waals surface area contributed by atoms with Crippen molar-refractivity contribution < 1.29 is 13.2 Å². The summed E-state index contributed by atoms with van der Waals surface area (Å²) in [5.41, 5.74) is -0.323. The first-order valence-corrected chi connectivity index (χ1v) is 6.62. The van der Waals surface area contributed by atoms with Crippen LogP contribution in [0.4, 0.5) is 13.2 Å². The third kappa shape index (κ3) is 3.55. The van der Waals surface area contributed by atoms with Crippen LogP contribution in [0.1, 0.15) is 11.1 Å². The Morgan fingerprint density at radius 3 is 2.35 bits per heavy atom. The predicted octanol–water partition coefficient (Wildman–Crippen LogP) is 4.92. The molecule has 0 radical (unpaired) electrons. The molecule has 2 aromatic carbocycles. The van der Waals surface area contributed by atoms with Gasteiger partial charge in [0.05, 0.1) is 18.1 Å². The fraction of sp³-hybridized carbons (Fsp3) is 0.133. The smallest absolute Gasteiger partial charge is 0.198 e. The normalized spacial score (nSPS) is 11.1. The molecule has 5 heteroatoms. The molecule has 0 spiro atoms. The van der Waals surface area contributed by atoms with Crippen molar-refractivity contribution in [3.8, 4) is 6.07 Å². The third-order valence-corrected chi connectivity index (χ3v) is 3.75. The van der Waals surface area contributed by atoms with E-state index < -0.39 is 11.7 Å². The second-order valence-electron chi connectivity index (χ2n) is 4.07. The first kappa shape index (κ1) is 14.5. The Labute approximate surface area is 119 Å². The Balaban J connectivity index is 2.36. The highest BCUT2D eigenvalue weighted by molar-refractivity contribution is 7.99. The van der Waals surface area contributed by atoms with Crippen LogP contribution in [-0.2, 0) is 12.6 Å². The molecule has 0 bridgehead atoms. The summed E-state index contributed by atoms with van der Waals surface area (Å²) in [7, 11) is 0. The lowest BCUT2D eigenvalue weighted by atomic mass is 10.1. The number of halogens is 3. The monoisotopic (exact) mass is 293 g/mol. The summed E-state index contributed by atoms with van der Waals surface area (Å²) in [5, 5.41) is 8.76. The number of nitrogens with zero attached hydrogens (tertiary/aromatic N) is 1. The van der Waals surface area contributed by atoms with Gasteiger partial charge in [0.1, 0.15) is 0 Å². The molecular weight excluding hydrogens is 283 g/mol. The van der Waals surface area contributed by atoms with E-state index in [-0.39, 0.29) is 6.42 Å². The summed E-state index contributed by atoms with van der Waals surface area (Å²) in [4.78, 5) is 1.59. The van der Waals surface area contributed by atoms with Gasteiger partial charge >= 0.3 is 6.18 Å². The molecule has 2 rings (SSSR count). The minimum atomic E-state index is -4.39. The van der Waals surface area contributed by atoms with Crippen molar-refractivity contribution in [3.05, 3.63) is 59.7 Å². The third-order valence-electron chi connectivity index (χ3n) is 2.63. The van der Waals surface area contributed by atoms with Gasteiger partial charge in [0, 0.05) is 9.79 Å². The maximum absolute atomic E-state index is 12.7. The number of rotatable bonds is 3. The lowest BCUT2D eigenvalue weighted by Crippen LogP contribution is -2.05. The summed E-state index contributed by atoms with van der Waals surface area (Å²) in [6, 6.07) is 14.8. The van der Waals surface area contributed by atoms with Crippen LogP contribution in [0.15, 0.2) is 58.3 Å². The van der Waals surface area contributed by atoms with Crippen LogP contribution < -0.4 is 0 Å². The number of benzene rings is 2. The zero-order valence-electron chi connectivity index (χ0n) is 10.3. The lowest BCUT2D eigenvalue weighted by Gasteiger charge is -2.11. The molecule has 0 aromatic heterocycles. The zero-order chi connectivity index (χ0) is 14.6. The highest BCUT2D eigenvalue weighted by Gasteiger charge is 2.30. The first-order chi connectivity index (χ1) is 9.50. The van der Waals surface area contributed by atoms with Crippen LogP contribution in [-0.4, -0.2) is 0 Å². The molecule has 0 heterocycles. The maximum atomic E-state index is 12.7. The van der Waals surface area contributed by atoms with Crippen molar-refractivity contribution in [1.82, 2.24) is 0 Å². The van der Waals surface area contributed by atoms with Crippen molar-refractivity contribution in [2.75, 3.05) is 0 Å². The molecule has 0 amide bonds. The Kier molecular flexibility index (Phi) is 4.35. The number of hydrogen-bond donors (Lipinski definition) is 0. The van der Waals surface area contributed by atoms with E-state index in [2.05, 4.69) is 0 Å². The van der Waals surface area contributed by atoms with Crippen LogP contribution in [0.2, 0.25) is 0 Å². The van der Waals surface area contributed by atoms with E-state index in [9.17, 15) is 13.2 Å². The molecule has 102 valence electrons. The molecule has 0 aliphatic rings. The average Bonchev–Trinajstić information content (AvgIpc) is 2.41. The van der Waals surface area contributed by atoms with Gasteiger partial charge in [-0.15, -0.1) is 0 Å². The van der Waals surface area contributed by atoms with E-state index in [1.165, 1.54) is 17.8 Å². The summed E-state index contributed by atoms with van der Waals surface area (Å²) in [5.74, 6) is 0. The van der Waals surface area contributed by atoms with Gasteiger partial charge in [-0.3, -0.25) is 0 Å². The molecule has 0 saturated heterocycles. The largest absolute Gasteiger partial charge is 0.416 e. The maximum Gasteiger partial charge on any atom is 0.416 e. The second-order valence-corrected chi connectivity index (χ2v) is 5.19. The van der Waals surface area contributed by atoms with Crippen molar-refractivity contribution in [3.63, 3.8) is 0 Å². The standard InChI is InChI=1S/C15H10F3NS/c16-15(17,18)12-6-7-14(11(10-12)8-9-19)20-13-4-2-1-3-5-13/h1-7,10H,8H2. The van der Waals surface area contributed by atoms with Gasteiger partial charge < -0.3 is 0 Å². The molecule has 0 fully saturated rings. The molecule has 20 heavy (non-hydrogen) atoms. The van der Waals surface area contributed by atoms with Crippen molar-refractivity contribution in [1.29, 1.82) is 5.26 Å². The van der Waals surface area contributed by atoms with Crippen LogP contribution in [0.5, 0.6) is 0 Å². The highest BCUT2D eigenvalue weighted by atomic mass is 32.2. The van der Waals surface area contributed by atoms with Gasteiger partial charge in [-0.2, -0.15) is 18.4 Å². The summed E-state index contributed by atoms with van der Waals surface area (Å²) in [6.07, 6.45) is -4.43. The lowest BCUT2D eigenvalue weighted by molar-refractivity contribution is -0.137. The molecule has 0 atom stereocenters. The number of nitriles is 1. The molecule has 0 N–H and O–H groups in total. The van der Waals surface area contributed by atoms with Gasteiger partial charge in [0.25, 0.3) is 0 Å². The van der Waals surface area contributed by atoms with E-state index in [1.54, 1.807) is 0 Å². The van der Waals surface area contributed by atoms with Crippen LogP contribution >= 0.6 is 11.8 Å². The first-order valence-electron chi connectivity index (χ1n) is 5.80. The Hall–Kier alpha value is -1.93. The zero-order valence-corrected chi connectivity index (χ0v) is 11.1. The van der Waals surface area contributed by atoms with Crippen LogP contribution in [0, 0.1) is 11.3 Å². The fourth-order valence-electron chi connectivity index (χ4n) is 1.69. The molecule has 0 aliphatic carbocycles. The molecule has 2 aromatic rings. The minimum absolute atomic E-state index is 0.0426. The quantitative estimate of drug-likeness (QED) is 0.801. The summed E-state index contributed by atoms with van der Waals surface area (Å²) >= 11 is 1.36. The van der Waals surface area contributed by atoms with Crippen molar-refractivity contribution in [2.24, 2.45) is 0 Å². The van der Waals surface area contributed by atoms with E-state index in [0.717, 1.165) is 17.0 Å². The van der Waals surface area contributed by atoms with E-state index >= 15 is 0 Å². The second kappa shape index (κ2) is 6.02. The molecule has 0 saturated carbocycles. The Morgan fingerprint density at radius 1 is 1.05 bits per heavy atom. The van der Waals surface area contributed by atoms with Gasteiger partial charge in [0.2, 0.25) is 0 Å². The molecular formula is C15H10F3NS. The Bertz CT molecular complexity index is 630. The number of alkyl halides is 3. The van der Waals surface area contributed by atoms with Crippen LogP contribution in [0.3, 0.4) is 0 Å². The summed E-state index contributed by atoms with van der Waals surface area (Å²) < 4.78 is 38.0. The van der Waals surface area contributed by atoms with Gasteiger partial charge in [-0.1, -0.05) is 30.0 Å². The average molecular weight is 293 g/mol. The van der Waals surface area contributed by atoms with E-state index in [0.29, 0.717) is 10.5 Å².